The summed E-state index contributed by atoms with van der Waals surface area (Å²) < 4.78 is 7.00. The minimum Gasteiger partial charge on any atom is -0.486 e. The Morgan fingerprint density at radius 3 is 2.79 bits per heavy atom. The number of benzene rings is 2. The Morgan fingerprint density at radius 1 is 1.29 bits per heavy atom. The van der Waals surface area contributed by atoms with E-state index in [1.165, 1.54) is 0 Å². The van der Waals surface area contributed by atoms with E-state index >= 15 is 0 Å². The minimum atomic E-state index is -0.134. The number of hydrogen-bond donors (Lipinski definition) is 1. The number of urea groups is 1. The lowest BCUT2D eigenvalue weighted by molar-refractivity contribution is 0.188. The van der Waals surface area contributed by atoms with E-state index in [9.17, 15) is 4.79 Å². The van der Waals surface area contributed by atoms with Gasteiger partial charge in [0.05, 0.1) is 12.2 Å². The van der Waals surface area contributed by atoms with Gasteiger partial charge in [0, 0.05) is 10.2 Å². The summed E-state index contributed by atoms with van der Waals surface area (Å²) in [5.41, 5.74) is 3.79. The highest BCUT2D eigenvalue weighted by Crippen LogP contribution is 2.35. The molecule has 0 fully saturated rings. The first kappa shape index (κ1) is 16.8. The van der Waals surface area contributed by atoms with Crippen LogP contribution in [-0.2, 0) is 0 Å². The second-order valence-electron chi connectivity index (χ2n) is 6.12. The molecule has 1 atom stereocenters. The Hall–Kier alpha value is -2.01. The van der Waals surface area contributed by atoms with E-state index in [1.54, 1.807) is 4.90 Å². The number of carbonyl (C=O) groups is 1. The van der Waals surface area contributed by atoms with E-state index in [0.717, 1.165) is 39.1 Å². The molecule has 0 radical (unpaired) electrons. The van der Waals surface area contributed by atoms with Gasteiger partial charge in [-0.3, -0.25) is 4.90 Å². The van der Waals surface area contributed by atoms with E-state index in [0.29, 0.717) is 6.54 Å². The fourth-order valence-corrected chi connectivity index (χ4v) is 3.02. The zero-order valence-corrected chi connectivity index (χ0v) is 15.7. The number of carbonyl (C=O) groups excluding carboxylic acids is 1. The quantitative estimate of drug-likeness (QED) is 0.760. The first-order valence-electron chi connectivity index (χ1n) is 8.10. The Bertz CT molecular complexity index is 776. The maximum atomic E-state index is 12.8. The van der Waals surface area contributed by atoms with Crippen LogP contribution in [0.1, 0.15) is 24.5 Å². The largest absolute Gasteiger partial charge is 0.486 e. The molecular weight excluding hydrogens is 368 g/mol. The Kier molecular flexibility index (Phi) is 4.81. The van der Waals surface area contributed by atoms with Gasteiger partial charge < -0.3 is 10.1 Å². The Labute approximate surface area is 150 Å². The van der Waals surface area contributed by atoms with E-state index < -0.39 is 0 Å². The van der Waals surface area contributed by atoms with Crippen molar-refractivity contribution in [2.24, 2.45) is 0 Å². The summed E-state index contributed by atoms with van der Waals surface area (Å²) >= 11 is 3.48. The van der Waals surface area contributed by atoms with Crippen LogP contribution < -0.4 is 15.0 Å². The third-order valence-electron chi connectivity index (χ3n) is 4.19. The summed E-state index contributed by atoms with van der Waals surface area (Å²) in [6.45, 7) is 6.63. The summed E-state index contributed by atoms with van der Waals surface area (Å²) in [5.74, 6) is 0.765. The zero-order valence-electron chi connectivity index (χ0n) is 14.1. The molecule has 24 heavy (non-hydrogen) atoms. The summed E-state index contributed by atoms with van der Waals surface area (Å²) in [5, 5.41) is 3.00. The molecule has 0 aliphatic carbocycles. The lowest BCUT2D eigenvalue weighted by atomic mass is 10.1. The topological polar surface area (TPSA) is 41.6 Å². The van der Waals surface area contributed by atoms with Crippen LogP contribution in [0.5, 0.6) is 5.75 Å². The summed E-state index contributed by atoms with van der Waals surface area (Å²) in [6.07, 6.45) is 0.867. The van der Waals surface area contributed by atoms with Crippen molar-refractivity contribution in [1.29, 1.82) is 0 Å². The Balaban J connectivity index is 1.88. The highest BCUT2D eigenvalue weighted by Gasteiger charge is 2.29. The summed E-state index contributed by atoms with van der Waals surface area (Å²) in [4.78, 5) is 14.6. The molecule has 4 nitrogen and oxygen atoms in total. The molecule has 2 aromatic carbocycles. The molecule has 2 amide bonds. The molecule has 1 aliphatic heterocycles. The van der Waals surface area contributed by atoms with Crippen molar-refractivity contribution in [1.82, 2.24) is 0 Å². The number of aryl methyl sites for hydroxylation is 2. The second kappa shape index (κ2) is 6.85. The van der Waals surface area contributed by atoms with E-state index in [2.05, 4.69) is 28.2 Å². The molecule has 0 unspecified atom stereocenters. The van der Waals surface area contributed by atoms with Crippen LogP contribution in [0.15, 0.2) is 40.9 Å². The van der Waals surface area contributed by atoms with Crippen molar-refractivity contribution in [3.8, 4) is 5.75 Å². The smallest absolute Gasteiger partial charge is 0.326 e. The molecule has 0 bridgehead atoms. The number of ether oxygens (including phenoxy) is 1. The van der Waals surface area contributed by atoms with Gasteiger partial charge in [-0.25, -0.2) is 4.79 Å². The number of amides is 2. The molecule has 5 heteroatoms. The van der Waals surface area contributed by atoms with Crippen molar-refractivity contribution < 1.29 is 9.53 Å². The van der Waals surface area contributed by atoms with E-state index in [4.69, 9.17) is 4.74 Å². The molecule has 2 aromatic rings. The molecule has 0 saturated carbocycles. The first-order chi connectivity index (χ1) is 11.5. The maximum absolute atomic E-state index is 12.8. The molecular formula is C19H21BrN2O2. The fourth-order valence-electron chi connectivity index (χ4n) is 2.77. The number of hydrogen-bond acceptors (Lipinski definition) is 2. The average molecular weight is 389 g/mol. The van der Waals surface area contributed by atoms with Crippen LogP contribution in [0.2, 0.25) is 0 Å². The normalized spacial score (nSPS) is 16.3. The monoisotopic (exact) mass is 388 g/mol. The number of rotatable bonds is 2. The molecule has 0 aromatic heterocycles. The van der Waals surface area contributed by atoms with Crippen molar-refractivity contribution in [2.45, 2.75) is 33.3 Å². The van der Waals surface area contributed by atoms with Gasteiger partial charge in [0.15, 0.2) is 0 Å². The van der Waals surface area contributed by atoms with E-state index in [-0.39, 0.29) is 12.1 Å². The van der Waals surface area contributed by atoms with Gasteiger partial charge in [0.1, 0.15) is 11.9 Å². The Morgan fingerprint density at radius 2 is 2.08 bits per heavy atom. The first-order valence-corrected chi connectivity index (χ1v) is 8.89. The van der Waals surface area contributed by atoms with Gasteiger partial charge in [-0.05, 0) is 61.7 Å². The van der Waals surface area contributed by atoms with Gasteiger partial charge in [-0.1, -0.05) is 28.9 Å². The predicted octanol–water partition coefficient (Wildman–Crippen LogP) is 5.28. The molecule has 0 saturated heterocycles. The number of nitrogens with zero attached hydrogens (tertiary/aromatic N) is 1. The van der Waals surface area contributed by atoms with Crippen LogP contribution in [0.4, 0.5) is 16.2 Å². The van der Waals surface area contributed by atoms with E-state index in [1.807, 2.05) is 50.2 Å². The standard InChI is InChI=1S/C19H21BrN2O2/c1-4-15-11-22(17-9-12(2)5-8-18(17)24-15)19(23)21-14-6-7-16(20)13(3)10-14/h5-10,15H,4,11H2,1-3H3,(H,21,23)/t15-/m0/s1. The average Bonchev–Trinajstić information content (AvgIpc) is 2.57. The third-order valence-corrected chi connectivity index (χ3v) is 5.08. The number of anilines is 2. The van der Waals surface area contributed by atoms with Gasteiger partial charge >= 0.3 is 6.03 Å². The lowest BCUT2D eigenvalue weighted by Gasteiger charge is -2.34. The van der Waals surface area contributed by atoms with Crippen LogP contribution in [-0.4, -0.2) is 18.7 Å². The number of fused-ring (bicyclic) bond motifs is 1. The summed E-state index contributed by atoms with van der Waals surface area (Å²) in [7, 11) is 0. The van der Waals surface area contributed by atoms with Crippen molar-refractivity contribution >= 4 is 33.3 Å². The molecule has 3 rings (SSSR count). The lowest BCUT2D eigenvalue weighted by Crippen LogP contribution is -2.45. The minimum absolute atomic E-state index is 0.0117. The van der Waals surface area contributed by atoms with Gasteiger partial charge in [0.25, 0.3) is 0 Å². The molecule has 1 N–H and O–H groups in total. The SMILES string of the molecule is CC[C@H]1CN(C(=O)Nc2ccc(Br)c(C)c2)c2cc(C)ccc2O1. The highest BCUT2D eigenvalue weighted by atomic mass is 79.9. The third kappa shape index (κ3) is 3.41. The van der Waals surface area contributed by atoms with Crippen LogP contribution >= 0.6 is 15.9 Å². The van der Waals surface area contributed by atoms with Crippen LogP contribution in [0.3, 0.4) is 0 Å². The zero-order chi connectivity index (χ0) is 17.3. The van der Waals surface area contributed by atoms with Crippen LogP contribution in [0, 0.1) is 13.8 Å². The second-order valence-corrected chi connectivity index (χ2v) is 6.98. The van der Waals surface area contributed by atoms with Crippen molar-refractivity contribution in [3.05, 3.63) is 52.0 Å². The molecule has 1 aliphatic rings. The summed E-state index contributed by atoms with van der Waals surface area (Å²) in [6, 6.07) is 11.6. The predicted molar refractivity (Wildman–Crippen MR) is 101 cm³/mol. The highest BCUT2D eigenvalue weighted by molar-refractivity contribution is 9.10. The van der Waals surface area contributed by atoms with Crippen LogP contribution in [0.25, 0.3) is 0 Å². The molecule has 0 spiro atoms. The van der Waals surface area contributed by atoms with Gasteiger partial charge in [-0.15, -0.1) is 0 Å². The van der Waals surface area contributed by atoms with Gasteiger partial charge in [0.2, 0.25) is 0 Å². The number of halogens is 1. The molecule has 1 heterocycles. The fraction of sp³-hybridized carbons (Fsp3) is 0.316. The maximum Gasteiger partial charge on any atom is 0.326 e. The van der Waals surface area contributed by atoms with Gasteiger partial charge in [-0.2, -0.15) is 0 Å². The van der Waals surface area contributed by atoms with Crippen molar-refractivity contribution in [2.75, 3.05) is 16.8 Å². The van der Waals surface area contributed by atoms with Crippen molar-refractivity contribution in [3.63, 3.8) is 0 Å². The number of nitrogens with one attached hydrogen (secondary N) is 1. The molecule has 126 valence electrons.